The largest absolute Gasteiger partial charge is 0.312 e. The molecule has 21 heavy (non-hydrogen) atoms. The van der Waals surface area contributed by atoms with Gasteiger partial charge in [-0.2, -0.15) is 0 Å². The second-order valence-electron chi connectivity index (χ2n) is 5.81. The number of nitrogens with one attached hydrogen (secondary N) is 1. The van der Waals surface area contributed by atoms with Gasteiger partial charge in [0.15, 0.2) is 0 Å². The fourth-order valence-electron chi connectivity index (χ4n) is 2.45. The molecule has 1 N–H and O–H groups in total. The van der Waals surface area contributed by atoms with E-state index >= 15 is 0 Å². The maximum Gasteiger partial charge on any atom is 0.0413 e. The van der Waals surface area contributed by atoms with Gasteiger partial charge in [0, 0.05) is 16.7 Å². The average Bonchev–Trinajstić information content (AvgIpc) is 2.49. The summed E-state index contributed by atoms with van der Waals surface area (Å²) in [6.07, 6.45) is 1.15. The molecule has 0 fully saturated rings. The van der Waals surface area contributed by atoms with E-state index in [0.29, 0.717) is 12.0 Å². The van der Waals surface area contributed by atoms with Gasteiger partial charge in [0.2, 0.25) is 0 Å². The Bertz CT molecular complexity index is 536. The summed E-state index contributed by atoms with van der Waals surface area (Å²) in [6.45, 7) is 4.54. The molecular formula is C19H25NS. The molecule has 0 saturated heterocycles. The third kappa shape index (κ3) is 5.22. The van der Waals surface area contributed by atoms with Crippen LogP contribution in [-0.2, 0) is 6.42 Å². The lowest BCUT2D eigenvalue weighted by Gasteiger charge is -2.17. The van der Waals surface area contributed by atoms with Gasteiger partial charge < -0.3 is 5.32 Å². The topological polar surface area (TPSA) is 12.0 Å². The number of hydrogen-bond donors (Lipinski definition) is 1. The molecule has 0 aliphatic carbocycles. The van der Waals surface area contributed by atoms with Gasteiger partial charge in [0.05, 0.1) is 0 Å². The predicted octanol–water partition coefficient (Wildman–Crippen LogP) is 4.94. The van der Waals surface area contributed by atoms with E-state index in [1.165, 1.54) is 16.0 Å². The summed E-state index contributed by atoms with van der Waals surface area (Å²) < 4.78 is 0. The van der Waals surface area contributed by atoms with E-state index in [0.717, 1.165) is 12.2 Å². The first-order valence-electron chi connectivity index (χ1n) is 7.63. The summed E-state index contributed by atoms with van der Waals surface area (Å²) in [7, 11) is 2.05. The molecule has 2 aromatic carbocycles. The summed E-state index contributed by atoms with van der Waals surface area (Å²) >= 11 is 1.91. The monoisotopic (exact) mass is 299 g/mol. The Balaban J connectivity index is 2.03. The Morgan fingerprint density at radius 1 is 1.00 bits per heavy atom. The van der Waals surface area contributed by atoms with Crippen molar-refractivity contribution in [2.45, 2.75) is 31.2 Å². The van der Waals surface area contributed by atoms with Gasteiger partial charge >= 0.3 is 0 Å². The molecule has 112 valence electrons. The molecule has 1 nitrogen and oxygen atoms in total. The number of rotatable bonds is 7. The van der Waals surface area contributed by atoms with E-state index in [4.69, 9.17) is 0 Å². The van der Waals surface area contributed by atoms with Gasteiger partial charge in [0.25, 0.3) is 0 Å². The van der Waals surface area contributed by atoms with Gasteiger partial charge in [-0.3, -0.25) is 0 Å². The zero-order valence-corrected chi connectivity index (χ0v) is 14.0. The minimum absolute atomic E-state index is 0.391. The van der Waals surface area contributed by atoms with Gasteiger partial charge in [0.1, 0.15) is 0 Å². The van der Waals surface area contributed by atoms with Crippen molar-refractivity contribution in [2.75, 3.05) is 12.8 Å². The van der Waals surface area contributed by atoms with Crippen LogP contribution in [0.5, 0.6) is 0 Å². The van der Waals surface area contributed by atoms with Crippen LogP contribution in [0.25, 0.3) is 0 Å². The predicted molar refractivity (Wildman–Crippen MR) is 94.0 cm³/mol. The normalized spacial score (nSPS) is 12.6. The van der Waals surface area contributed by atoms with Crippen molar-refractivity contribution in [1.82, 2.24) is 5.32 Å². The van der Waals surface area contributed by atoms with E-state index in [1.54, 1.807) is 0 Å². The third-order valence-electron chi connectivity index (χ3n) is 3.51. The van der Waals surface area contributed by atoms with Gasteiger partial charge in [-0.1, -0.05) is 56.3 Å². The molecule has 0 saturated carbocycles. The highest BCUT2D eigenvalue weighted by Gasteiger charge is 2.10. The molecule has 2 heteroatoms. The van der Waals surface area contributed by atoms with Crippen molar-refractivity contribution in [1.29, 1.82) is 0 Å². The number of benzene rings is 2. The van der Waals surface area contributed by atoms with Crippen LogP contribution in [0.3, 0.4) is 0 Å². The van der Waals surface area contributed by atoms with E-state index in [-0.39, 0.29) is 0 Å². The molecular weight excluding hydrogens is 274 g/mol. The van der Waals surface area contributed by atoms with Crippen LogP contribution >= 0.6 is 11.8 Å². The molecule has 0 radical (unpaired) electrons. The lowest BCUT2D eigenvalue weighted by Crippen LogP contribution is -2.19. The molecule has 0 aliphatic heterocycles. The summed E-state index contributed by atoms with van der Waals surface area (Å²) in [5.74, 6) is 1.75. The minimum Gasteiger partial charge on any atom is -0.312 e. The maximum atomic E-state index is 3.45. The van der Waals surface area contributed by atoms with Crippen LogP contribution in [0.15, 0.2) is 59.5 Å². The summed E-state index contributed by atoms with van der Waals surface area (Å²) in [5.41, 5.74) is 2.83. The quantitative estimate of drug-likeness (QED) is 0.727. The molecule has 2 rings (SSSR count). The minimum atomic E-state index is 0.391. The van der Waals surface area contributed by atoms with Crippen LogP contribution < -0.4 is 5.32 Å². The second kappa shape index (κ2) is 8.26. The average molecular weight is 299 g/mol. The molecule has 0 spiro atoms. The Morgan fingerprint density at radius 3 is 2.43 bits per heavy atom. The van der Waals surface area contributed by atoms with Crippen molar-refractivity contribution in [3.05, 3.63) is 65.7 Å². The van der Waals surface area contributed by atoms with Crippen molar-refractivity contribution < 1.29 is 0 Å². The smallest absolute Gasteiger partial charge is 0.0413 e. The van der Waals surface area contributed by atoms with Crippen LogP contribution in [-0.4, -0.2) is 12.8 Å². The van der Waals surface area contributed by atoms with Crippen molar-refractivity contribution >= 4 is 11.8 Å². The van der Waals surface area contributed by atoms with Crippen LogP contribution in [0.4, 0.5) is 0 Å². The van der Waals surface area contributed by atoms with Gasteiger partial charge in [-0.15, -0.1) is 11.8 Å². The number of hydrogen-bond acceptors (Lipinski definition) is 2. The Morgan fingerprint density at radius 2 is 1.76 bits per heavy atom. The number of thioether (sulfide) groups is 1. The molecule has 1 atom stereocenters. The van der Waals surface area contributed by atoms with Crippen molar-refractivity contribution in [2.24, 2.45) is 5.92 Å². The van der Waals surface area contributed by atoms with E-state index in [2.05, 4.69) is 73.8 Å². The fourth-order valence-corrected chi connectivity index (χ4v) is 3.52. The lowest BCUT2D eigenvalue weighted by molar-refractivity contribution is 0.638. The highest BCUT2D eigenvalue weighted by Crippen LogP contribution is 2.25. The van der Waals surface area contributed by atoms with E-state index < -0.39 is 0 Å². The first-order valence-corrected chi connectivity index (χ1v) is 8.61. The lowest BCUT2D eigenvalue weighted by atomic mass is 9.99. The Hall–Kier alpha value is -1.25. The second-order valence-corrected chi connectivity index (χ2v) is 6.90. The third-order valence-corrected chi connectivity index (χ3v) is 4.61. The van der Waals surface area contributed by atoms with Crippen molar-refractivity contribution in [3.8, 4) is 0 Å². The molecule has 0 amide bonds. The zero-order chi connectivity index (χ0) is 15.1. The first-order chi connectivity index (χ1) is 10.2. The highest BCUT2D eigenvalue weighted by atomic mass is 32.2. The molecule has 0 heterocycles. The van der Waals surface area contributed by atoms with Crippen molar-refractivity contribution in [3.63, 3.8) is 0 Å². The fraction of sp³-hybridized carbons (Fsp3) is 0.368. The Labute approximate surface area is 133 Å². The van der Waals surface area contributed by atoms with E-state index in [9.17, 15) is 0 Å². The standard InChI is InChI=1S/C19H25NS/c1-15(2)12-16-8-7-9-17(13-16)19(20-3)14-21-18-10-5-4-6-11-18/h4-11,13,15,19-20H,12,14H2,1-3H3. The molecule has 1 unspecified atom stereocenters. The molecule has 0 bridgehead atoms. The summed E-state index contributed by atoms with van der Waals surface area (Å²) in [4.78, 5) is 1.33. The SMILES string of the molecule is CNC(CSc1ccccc1)c1cccc(CC(C)C)c1. The summed E-state index contributed by atoms with van der Waals surface area (Å²) in [5, 5.41) is 3.45. The Kier molecular flexibility index (Phi) is 6.34. The molecule has 0 aliphatic rings. The van der Waals surface area contributed by atoms with Crippen LogP contribution in [0.2, 0.25) is 0 Å². The summed E-state index contributed by atoms with van der Waals surface area (Å²) in [6, 6.07) is 20.0. The first kappa shape index (κ1) is 16.1. The van der Waals surface area contributed by atoms with Crippen LogP contribution in [0, 0.1) is 5.92 Å². The van der Waals surface area contributed by atoms with Gasteiger partial charge in [-0.25, -0.2) is 0 Å². The van der Waals surface area contributed by atoms with Crippen LogP contribution in [0.1, 0.15) is 31.0 Å². The molecule has 0 aromatic heterocycles. The highest BCUT2D eigenvalue weighted by molar-refractivity contribution is 7.99. The zero-order valence-electron chi connectivity index (χ0n) is 13.2. The van der Waals surface area contributed by atoms with Gasteiger partial charge in [-0.05, 0) is 42.6 Å². The molecule has 2 aromatic rings. The van der Waals surface area contributed by atoms with E-state index in [1.807, 2.05) is 18.8 Å². The maximum absolute atomic E-state index is 3.45.